The Labute approximate surface area is 97.0 Å². The molecule has 0 amide bonds. The van der Waals surface area contributed by atoms with Crippen LogP contribution < -0.4 is 4.90 Å². The summed E-state index contributed by atoms with van der Waals surface area (Å²) in [5, 5.41) is 0. The van der Waals surface area contributed by atoms with Crippen LogP contribution in [0.4, 0.5) is 5.69 Å². The summed E-state index contributed by atoms with van der Waals surface area (Å²) in [6.45, 7) is 2.40. The molecule has 0 N–H and O–H groups in total. The van der Waals surface area contributed by atoms with Crippen molar-refractivity contribution in [3.63, 3.8) is 0 Å². The average molecular weight is 214 g/mol. The Kier molecular flexibility index (Phi) is 2.65. The van der Waals surface area contributed by atoms with E-state index in [1.165, 1.54) is 49.2 Å². The van der Waals surface area contributed by atoms with Gasteiger partial charge in [-0.1, -0.05) is 12.2 Å². The first-order valence-electron chi connectivity index (χ1n) is 6.33. The summed E-state index contributed by atoms with van der Waals surface area (Å²) in [4.78, 5) is 6.90. The number of aromatic nitrogens is 1. The van der Waals surface area contributed by atoms with E-state index < -0.39 is 0 Å². The van der Waals surface area contributed by atoms with E-state index >= 15 is 0 Å². The summed E-state index contributed by atoms with van der Waals surface area (Å²) in [6.07, 6.45) is 15.0. The van der Waals surface area contributed by atoms with Gasteiger partial charge in [0.1, 0.15) is 0 Å². The Morgan fingerprint density at radius 3 is 2.81 bits per heavy atom. The maximum absolute atomic E-state index is 4.40. The van der Waals surface area contributed by atoms with E-state index in [0.29, 0.717) is 0 Å². The molecule has 0 saturated carbocycles. The van der Waals surface area contributed by atoms with Crippen LogP contribution in [0.3, 0.4) is 0 Å². The Balaban J connectivity index is 1.97. The molecule has 2 nitrogen and oxygen atoms in total. The number of hydrogen-bond acceptors (Lipinski definition) is 2. The van der Waals surface area contributed by atoms with Gasteiger partial charge in [-0.2, -0.15) is 0 Å². The van der Waals surface area contributed by atoms with Crippen molar-refractivity contribution in [2.24, 2.45) is 0 Å². The van der Waals surface area contributed by atoms with Crippen molar-refractivity contribution in [1.82, 2.24) is 4.98 Å². The predicted octanol–water partition coefficient (Wildman–Crippen LogP) is 3.03. The molecule has 1 fully saturated rings. The molecule has 1 aliphatic heterocycles. The molecule has 1 aromatic heterocycles. The van der Waals surface area contributed by atoms with Crippen LogP contribution in [0.5, 0.6) is 0 Å². The van der Waals surface area contributed by atoms with Gasteiger partial charge in [0.2, 0.25) is 0 Å². The van der Waals surface area contributed by atoms with Crippen LogP contribution in [0, 0.1) is 0 Å². The number of hydrogen-bond donors (Lipinski definition) is 0. The van der Waals surface area contributed by atoms with E-state index in [0.717, 1.165) is 12.8 Å². The number of rotatable bonds is 1. The third-order valence-corrected chi connectivity index (χ3v) is 3.61. The van der Waals surface area contributed by atoms with E-state index in [1.807, 2.05) is 12.4 Å². The topological polar surface area (TPSA) is 16.1 Å². The van der Waals surface area contributed by atoms with E-state index in [1.54, 1.807) is 0 Å². The molecule has 3 rings (SSSR count). The minimum atomic E-state index is 1.15. The maximum atomic E-state index is 4.40. The Morgan fingerprint density at radius 1 is 1.06 bits per heavy atom. The standard InChI is InChI=1S/C14H18N2/c1-4-8-16(9-5-1)14-11-15-10-12-6-2-3-7-13(12)14/h3,7,10-11H,1-2,4-6,8-9H2. The Bertz CT molecular complexity index is 403. The number of anilines is 1. The third kappa shape index (κ3) is 1.73. The first-order chi connectivity index (χ1) is 7.95. The molecule has 0 bridgehead atoms. The summed E-state index contributed by atoms with van der Waals surface area (Å²) in [5.41, 5.74) is 4.20. The molecule has 2 aliphatic rings. The lowest BCUT2D eigenvalue weighted by atomic mass is 9.97. The van der Waals surface area contributed by atoms with Crippen molar-refractivity contribution in [1.29, 1.82) is 0 Å². The highest BCUT2D eigenvalue weighted by molar-refractivity contribution is 5.71. The van der Waals surface area contributed by atoms with Gasteiger partial charge < -0.3 is 4.90 Å². The van der Waals surface area contributed by atoms with Crippen molar-refractivity contribution in [3.05, 3.63) is 29.6 Å². The normalized spacial score (nSPS) is 19.6. The van der Waals surface area contributed by atoms with Crippen LogP contribution in [-0.2, 0) is 6.42 Å². The SMILES string of the molecule is C1=Cc2c(cncc2N2CCCCC2)CC1. The molecule has 0 atom stereocenters. The Hall–Kier alpha value is -1.31. The number of pyridine rings is 1. The predicted molar refractivity (Wildman–Crippen MR) is 67.7 cm³/mol. The molecular weight excluding hydrogens is 196 g/mol. The molecule has 0 radical (unpaired) electrons. The zero-order valence-electron chi connectivity index (χ0n) is 9.65. The van der Waals surface area contributed by atoms with Gasteiger partial charge in [-0.15, -0.1) is 0 Å². The van der Waals surface area contributed by atoms with Crippen molar-refractivity contribution >= 4 is 11.8 Å². The van der Waals surface area contributed by atoms with Crippen LogP contribution in [0.25, 0.3) is 6.08 Å². The molecule has 84 valence electrons. The zero-order chi connectivity index (χ0) is 10.8. The minimum absolute atomic E-state index is 1.15. The van der Waals surface area contributed by atoms with Gasteiger partial charge in [0.05, 0.1) is 11.9 Å². The van der Waals surface area contributed by atoms with Crippen molar-refractivity contribution < 1.29 is 0 Å². The first kappa shape index (κ1) is 9.88. The molecule has 0 unspecified atom stereocenters. The van der Waals surface area contributed by atoms with Crippen molar-refractivity contribution in [3.8, 4) is 0 Å². The molecular formula is C14H18N2. The van der Waals surface area contributed by atoms with E-state index in [-0.39, 0.29) is 0 Å². The Morgan fingerprint density at radius 2 is 1.94 bits per heavy atom. The fraction of sp³-hybridized carbons (Fsp3) is 0.500. The molecule has 0 spiro atoms. The lowest BCUT2D eigenvalue weighted by Gasteiger charge is -2.31. The quantitative estimate of drug-likeness (QED) is 0.714. The largest absolute Gasteiger partial charge is 0.370 e. The van der Waals surface area contributed by atoms with Crippen LogP contribution in [-0.4, -0.2) is 18.1 Å². The van der Waals surface area contributed by atoms with Gasteiger partial charge in [-0.25, -0.2) is 0 Å². The highest BCUT2D eigenvalue weighted by atomic mass is 15.1. The summed E-state index contributed by atoms with van der Waals surface area (Å²) in [7, 11) is 0. The maximum Gasteiger partial charge on any atom is 0.0628 e. The molecule has 16 heavy (non-hydrogen) atoms. The number of nitrogens with zero attached hydrogens (tertiary/aromatic N) is 2. The highest BCUT2D eigenvalue weighted by Gasteiger charge is 2.16. The summed E-state index contributed by atoms with van der Waals surface area (Å²) >= 11 is 0. The zero-order valence-corrected chi connectivity index (χ0v) is 9.65. The smallest absolute Gasteiger partial charge is 0.0628 e. The van der Waals surface area contributed by atoms with E-state index in [4.69, 9.17) is 0 Å². The minimum Gasteiger partial charge on any atom is -0.370 e. The second-order valence-electron chi connectivity index (χ2n) is 4.72. The molecule has 1 saturated heterocycles. The second-order valence-corrected chi connectivity index (χ2v) is 4.72. The fourth-order valence-electron chi connectivity index (χ4n) is 2.72. The van der Waals surface area contributed by atoms with Gasteiger partial charge >= 0.3 is 0 Å². The molecule has 0 aromatic carbocycles. The average Bonchev–Trinajstić information content (AvgIpc) is 2.39. The lowest BCUT2D eigenvalue weighted by molar-refractivity contribution is 0.576. The van der Waals surface area contributed by atoms with Crippen molar-refractivity contribution in [2.45, 2.75) is 32.1 Å². The monoisotopic (exact) mass is 214 g/mol. The van der Waals surface area contributed by atoms with Gasteiger partial charge in [0, 0.05) is 24.8 Å². The van der Waals surface area contributed by atoms with Gasteiger partial charge in [-0.3, -0.25) is 4.98 Å². The highest BCUT2D eigenvalue weighted by Crippen LogP contribution is 2.29. The van der Waals surface area contributed by atoms with Crippen LogP contribution >= 0.6 is 0 Å². The number of aryl methyl sites for hydroxylation is 1. The summed E-state index contributed by atoms with van der Waals surface area (Å²) in [5.74, 6) is 0. The summed E-state index contributed by atoms with van der Waals surface area (Å²) < 4.78 is 0. The lowest BCUT2D eigenvalue weighted by Crippen LogP contribution is -2.30. The third-order valence-electron chi connectivity index (χ3n) is 3.61. The van der Waals surface area contributed by atoms with Gasteiger partial charge in [0.15, 0.2) is 0 Å². The number of allylic oxidation sites excluding steroid dienone is 1. The molecule has 2 heteroatoms. The number of fused-ring (bicyclic) bond motifs is 1. The van der Waals surface area contributed by atoms with E-state index in [9.17, 15) is 0 Å². The van der Waals surface area contributed by atoms with Gasteiger partial charge in [-0.05, 0) is 37.7 Å². The van der Waals surface area contributed by atoms with Crippen LogP contribution in [0.15, 0.2) is 18.5 Å². The first-order valence-corrected chi connectivity index (χ1v) is 6.33. The fourth-order valence-corrected chi connectivity index (χ4v) is 2.72. The van der Waals surface area contributed by atoms with E-state index in [2.05, 4.69) is 22.0 Å². The van der Waals surface area contributed by atoms with Crippen molar-refractivity contribution in [2.75, 3.05) is 18.0 Å². The van der Waals surface area contributed by atoms with Gasteiger partial charge in [0.25, 0.3) is 0 Å². The number of piperidine rings is 1. The molecule has 1 aromatic rings. The molecule has 2 heterocycles. The second kappa shape index (κ2) is 4.28. The van der Waals surface area contributed by atoms with Crippen LogP contribution in [0.2, 0.25) is 0 Å². The molecule has 1 aliphatic carbocycles. The summed E-state index contributed by atoms with van der Waals surface area (Å²) in [6, 6.07) is 0. The van der Waals surface area contributed by atoms with Crippen LogP contribution in [0.1, 0.15) is 36.8 Å².